The maximum absolute atomic E-state index is 11.8. The normalized spacial score (nSPS) is 11.3. The average Bonchev–Trinajstić information content (AvgIpc) is 2.74. The van der Waals surface area contributed by atoms with Gasteiger partial charge in [0.05, 0.1) is 12.8 Å². The minimum atomic E-state index is -2.22. The highest BCUT2D eigenvalue weighted by Gasteiger charge is 2.27. The number of fused-ring (bicyclic) bond motifs is 1. The molecule has 0 unspecified atom stereocenters. The van der Waals surface area contributed by atoms with E-state index in [0.29, 0.717) is 15.1 Å². The number of rotatable bonds is 2. The lowest BCUT2D eigenvalue weighted by atomic mass is 10.2. The van der Waals surface area contributed by atoms with E-state index < -0.39 is 16.0 Å². The van der Waals surface area contributed by atoms with Crippen molar-refractivity contribution in [3.8, 4) is 0 Å². The molecule has 118 valence electrons. The van der Waals surface area contributed by atoms with Crippen LogP contribution in [-0.4, -0.2) is 23.2 Å². The van der Waals surface area contributed by atoms with Crippen LogP contribution in [0.25, 0.3) is 10.1 Å². The third kappa shape index (κ3) is 4.08. The Hall–Kier alpha value is -0.920. The summed E-state index contributed by atoms with van der Waals surface area (Å²) in [6.07, 6.45) is -1.04. The van der Waals surface area contributed by atoms with Gasteiger partial charge in [0.15, 0.2) is 0 Å². The van der Waals surface area contributed by atoms with Gasteiger partial charge in [0, 0.05) is 15.1 Å². The van der Waals surface area contributed by atoms with E-state index in [1.165, 1.54) is 7.11 Å². The molecule has 0 aliphatic rings. The number of hydrogen-bond acceptors (Lipinski definition) is 5. The number of halogens is 4. The maximum atomic E-state index is 11.8. The second kappa shape index (κ2) is 6.68. The van der Waals surface area contributed by atoms with Crippen LogP contribution in [0.5, 0.6) is 0 Å². The SMILES string of the molecule is COC(=O)c1sc2ccc(Cl)cc2c1NC(=O)OC(Cl)(Cl)Cl. The molecule has 0 spiro atoms. The summed E-state index contributed by atoms with van der Waals surface area (Å²) in [5.41, 5.74) is 0.175. The van der Waals surface area contributed by atoms with E-state index in [4.69, 9.17) is 46.4 Å². The Labute approximate surface area is 149 Å². The van der Waals surface area contributed by atoms with Gasteiger partial charge in [-0.25, -0.2) is 9.59 Å². The van der Waals surface area contributed by atoms with Crippen LogP contribution in [-0.2, 0) is 9.47 Å². The number of carbonyl (C=O) groups excluding carboxylic acids is 2. The molecular weight excluding hydrogens is 396 g/mol. The molecule has 1 N–H and O–H groups in total. The molecule has 0 saturated carbocycles. The molecule has 22 heavy (non-hydrogen) atoms. The number of esters is 1. The number of alkyl halides is 3. The molecule has 2 rings (SSSR count). The first-order valence-electron chi connectivity index (χ1n) is 5.58. The van der Waals surface area contributed by atoms with Crippen LogP contribution in [0.4, 0.5) is 10.5 Å². The Bertz CT molecular complexity index is 741. The van der Waals surface area contributed by atoms with E-state index in [2.05, 4.69) is 14.8 Å². The molecule has 0 radical (unpaired) electrons. The monoisotopic (exact) mass is 401 g/mol. The molecule has 0 saturated heterocycles. The molecule has 1 heterocycles. The van der Waals surface area contributed by atoms with Gasteiger partial charge in [0.25, 0.3) is 0 Å². The number of thiophene rings is 1. The zero-order valence-electron chi connectivity index (χ0n) is 10.8. The first-order valence-corrected chi connectivity index (χ1v) is 7.91. The van der Waals surface area contributed by atoms with Crippen molar-refractivity contribution in [3.63, 3.8) is 0 Å². The molecule has 5 nitrogen and oxygen atoms in total. The third-order valence-electron chi connectivity index (χ3n) is 2.46. The van der Waals surface area contributed by atoms with Crippen molar-refractivity contribution in [1.82, 2.24) is 0 Å². The summed E-state index contributed by atoms with van der Waals surface area (Å²) in [5.74, 6) is -0.624. The number of nitrogens with one attached hydrogen (secondary N) is 1. The van der Waals surface area contributed by atoms with Gasteiger partial charge in [0.1, 0.15) is 4.88 Å². The molecule has 0 atom stereocenters. The number of benzene rings is 1. The molecule has 0 fully saturated rings. The standard InChI is InChI=1S/C12H7Cl4NO4S/c1-20-10(18)9-8(17-11(19)21-12(14,15)16)6-4-5(13)2-3-7(6)22-9/h2-4H,1H3,(H,17,19). The van der Waals surface area contributed by atoms with Gasteiger partial charge >= 0.3 is 16.0 Å². The van der Waals surface area contributed by atoms with E-state index in [9.17, 15) is 9.59 Å². The van der Waals surface area contributed by atoms with E-state index in [0.717, 1.165) is 11.3 Å². The number of carbonyl (C=O) groups is 2. The van der Waals surface area contributed by atoms with Crippen molar-refractivity contribution < 1.29 is 19.1 Å². The van der Waals surface area contributed by atoms with Crippen LogP contribution in [0.1, 0.15) is 9.67 Å². The Balaban J connectivity index is 2.47. The molecule has 1 amide bonds. The zero-order valence-corrected chi connectivity index (χ0v) is 14.6. The fourth-order valence-electron chi connectivity index (χ4n) is 1.66. The van der Waals surface area contributed by atoms with Crippen LogP contribution in [0.3, 0.4) is 0 Å². The minimum Gasteiger partial charge on any atom is -0.465 e. The lowest BCUT2D eigenvalue weighted by Crippen LogP contribution is -2.22. The molecule has 1 aromatic heterocycles. The average molecular weight is 403 g/mol. The summed E-state index contributed by atoms with van der Waals surface area (Å²) < 4.78 is 7.71. The summed E-state index contributed by atoms with van der Waals surface area (Å²) in [6, 6.07) is 4.95. The Morgan fingerprint density at radius 3 is 2.55 bits per heavy atom. The summed E-state index contributed by atoms with van der Waals surface area (Å²) >= 11 is 23.2. The Kier molecular flexibility index (Phi) is 5.29. The molecular formula is C12H7Cl4NO4S. The zero-order chi connectivity index (χ0) is 16.5. The molecule has 0 aliphatic heterocycles. The highest BCUT2D eigenvalue weighted by molar-refractivity contribution is 7.21. The van der Waals surface area contributed by atoms with Crippen LogP contribution in [0.15, 0.2) is 18.2 Å². The van der Waals surface area contributed by atoms with Gasteiger partial charge in [-0.05, 0) is 53.0 Å². The summed E-state index contributed by atoms with van der Waals surface area (Å²) in [6.45, 7) is 0. The van der Waals surface area contributed by atoms with Crippen LogP contribution >= 0.6 is 57.7 Å². The first kappa shape index (κ1) is 17.4. The van der Waals surface area contributed by atoms with E-state index in [-0.39, 0.29) is 10.6 Å². The fraction of sp³-hybridized carbons (Fsp3) is 0.167. The van der Waals surface area contributed by atoms with Crippen LogP contribution in [0, 0.1) is 0 Å². The quantitative estimate of drug-likeness (QED) is 0.552. The molecule has 0 bridgehead atoms. The number of anilines is 1. The fourth-order valence-corrected chi connectivity index (χ4v) is 3.10. The molecule has 2 aromatic rings. The van der Waals surface area contributed by atoms with Gasteiger partial charge in [-0.1, -0.05) is 11.6 Å². The highest BCUT2D eigenvalue weighted by atomic mass is 35.6. The summed E-state index contributed by atoms with van der Waals surface area (Å²) in [4.78, 5) is 23.8. The second-order valence-electron chi connectivity index (χ2n) is 3.90. The van der Waals surface area contributed by atoms with E-state index >= 15 is 0 Å². The smallest absolute Gasteiger partial charge is 0.415 e. The lowest BCUT2D eigenvalue weighted by Gasteiger charge is -2.13. The second-order valence-corrected chi connectivity index (χ2v) is 7.56. The van der Waals surface area contributed by atoms with E-state index in [1.807, 2.05) is 0 Å². The van der Waals surface area contributed by atoms with Gasteiger partial charge in [-0.15, -0.1) is 11.3 Å². The number of methoxy groups -OCH3 is 1. The molecule has 1 aromatic carbocycles. The largest absolute Gasteiger partial charge is 0.465 e. The number of amides is 1. The Morgan fingerprint density at radius 2 is 1.95 bits per heavy atom. The predicted molar refractivity (Wildman–Crippen MR) is 88.6 cm³/mol. The number of ether oxygens (including phenoxy) is 2. The first-order chi connectivity index (χ1) is 10.2. The molecule has 10 heteroatoms. The van der Waals surface area contributed by atoms with Crippen molar-refractivity contribution in [3.05, 3.63) is 28.1 Å². The topological polar surface area (TPSA) is 64.6 Å². The minimum absolute atomic E-state index is 0.168. The van der Waals surface area contributed by atoms with E-state index in [1.54, 1.807) is 18.2 Å². The van der Waals surface area contributed by atoms with Gasteiger partial charge < -0.3 is 9.47 Å². The maximum Gasteiger partial charge on any atom is 0.415 e. The highest BCUT2D eigenvalue weighted by Crippen LogP contribution is 2.38. The van der Waals surface area contributed by atoms with Crippen molar-refractivity contribution in [2.75, 3.05) is 12.4 Å². The third-order valence-corrected chi connectivity index (χ3v) is 4.07. The van der Waals surface area contributed by atoms with Crippen molar-refractivity contribution in [2.24, 2.45) is 0 Å². The summed E-state index contributed by atoms with van der Waals surface area (Å²) in [5, 5.41) is 3.34. The van der Waals surface area contributed by atoms with Crippen molar-refractivity contribution in [1.29, 1.82) is 0 Å². The van der Waals surface area contributed by atoms with Gasteiger partial charge in [-0.3, -0.25) is 5.32 Å². The van der Waals surface area contributed by atoms with Gasteiger partial charge in [-0.2, -0.15) is 0 Å². The number of hydrogen-bond donors (Lipinski definition) is 1. The van der Waals surface area contributed by atoms with Gasteiger partial charge in [0.2, 0.25) is 0 Å². The Morgan fingerprint density at radius 1 is 1.27 bits per heavy atom. The van der Waals surface area contributed by atoms with Crippen LogP contribution < -0.4 is 5.32 Å². The lowest BCUT2D eigenvalue weighted by molar-refractivity contribution is 0.0607. The predicted octanol–water partition coefficient (Wildman–Crippen LogP) is 5.22. The van der Waals surface area contributed by atoms with Crippen LogP contribution in [0.2, 0.25) is 5.02 Å². The van der Waals surface area contributed by atoms with Crippen molar-refractivity contribution in [2.45, 2.75) is 3.98 Å². The summed E-state index contributed by atoms with van der Waals surface area (Å²) in [7, 11) is 1.23. The van der Waals surface area contributed by atoms with Crippen molar-refractivity contribution >= 4 is 85.6 Å². The molecule has 0 aliphatic carbocycles.